The number of rotatable bonds is 7. The molecule has 1 fully saturated rings. The molecule has 19 heavy (non-hydrogen) atoms. The average molecular weight is 263 g/mol. The van der Waals surface area contributed by atoms with E-state index in [0.717, 1.165) is 31.7 Å². The van der Waals surface area contributed by atoms with Gasteiger partial charge in [-0.1, -0.05) is 25.1 Å². The first-order valence-electron chi connectivity index (χ1n) is 7.34. The van der Waals surface area contributed by atoms with Crippen LogP contribution in [0.2, 0.25) is 0 Å². The minimum Gasteiger partial charge on any atom is -0.491 e. The number of hydrogen-bond donors (Lipinski definition) is 1. The van der Waals surface area contributed by atoms with Crippen molar-refractivity contribution in [3.8, 4) is 5.75 Å². The standard InChI is InChI=1S/C16H25NO2/c1-3-10-17-11-14-8-9-15(19-14)12-18-16-7-5-4-6-13(16)2/h4-7,14-15,17H,3,8-12H2,1-2H3. The average Bonchev–Trinajstić information content (AvgIpc) is 2.86. The number of ether oxygens (including phenoxy) is 2. The van der Waals surface area contributed by atoms with Crippen molar-refractivity contribution in [3.63, 3.8) is 0 Å². The van der Waals surface area contributed by atoms with Crippen LogP contribution in [0.25, 0.3) is 0 Å². The molecule has 0 radical (unpaired) electrons. The van der Waals surface area contributed by atoms with Crippen LogP contribution in [-0.4, -0.2) is 31.9 Å². The van der Waals surface area contributed by atoms with E-state index in [2.05, 4.69) is 25.2 Å². The molecule has 1 aliphatic heterocycles. The largest absolute Gasteiger partial charge is 0.491 e. The van der Waals surface area contributed by atoms with Crippen molar-refractivity contribution in [1.29, 1.82) is 0 Å². The quantitative estimate of drug-likeness (QED) is 0.767. The summed E-state index contributed by atoms with van der Waals surface area (Å²) in [4.78, 5) is 0. The van der Waals surface area contributed by atoms with Crippen LogP contribution in [0.1, 0.15) is 31.7 Å². The Kier molecular flexibility index (Phi) is 5.67. The summed E-state index contributed by atoms with van der Waals surface area (Å²) in [5.41, 5.74) is 1.18. The van der Waals surface area contributed by atoms with E-state index in [1.165, 1.54) is 12.0 Å². The lowest BCUT2D eigenvalue weighted by Gasteiger charge is -2.16. The van der Waals surface area contributed by atoms with Crippen LogP contribution in [0.15, 0.2) is 24.3 Å². The zero-order chi connectivity index (χ0) is 13.5. The number of para-hydroxylation sites is 1. The van der Waals surface area contributed by atoms with E-state index in [9.17, 15) is 0 Å². The number of aryl methyl sites for hydroxylation is 1. The van der Waals surface area contributed by atoms with Crippen LogP contribution in [0.4, 0.5) is 0 Å². The van der Waals surface area contributed by atoms with Gasteiger partial charge in [0, 0.05) is 6.54 Å². The Hall–Kier alpha value is -1.06. The summed E-state index contributed by atoms with van der Waals surface area (Å²) < 4.78 is 11.8. The summed E-state index contributed by atoms with van der Waals surface area (Å²) in [7, 11) is 0. The van der Waals surface area contributed by atoms with E-state index in [1.54, 1.807) is 0 Å². The van der Waals surface area contributed by atoms with E-state index >= 15 is 0 Å². The van der Waals surface area contributed by atoms with Gasteiger partial charge in [0.2, 0.25) is 0 Å². The molecule has 0 aromatic heterocycles. The van der Waals surface area contributed by atoms with Crippen LogP contribution in [0.3, 0.4) is 0 Å². The summed E-state index contributed by atoms with van der Waals surface area (Å²) in [5, 5.41) is 3.41. The van der Waals surface area contributed by atoms with Gasteiger partial charge in [0.1, 0.15) is 12.4 Å². The molecule has 0 saturated carbocycles. The molecule has 1 aliphatic rings. The molecular formula is C16H25NO2. The highest BCUT2D eigenvalue weighted by Gasteiger charge is 2.25. The number of hydrogen-bond acceptors (Lipinski definition) is 3. The summed E-state index contributed by atoms with van der Waals surface area (Å²) in [6.45, 7) is 6.96. The van der Waals surface area contributed by atoms with Crippen molar-refractivity contribution in [1.82, 2.24) is 5.32 Å². The second kappa shape index (κ2) is 7.51. The molecule has 2 rings (SSSR count). The lowest BCUT2D eigenvalue weighted by Crippen LogP contribution is -2.28. The third-order valence-electron chi connectivity index (χ3n) is 3.51. The predicted octanol–water partition coefficient (Wildman–Crippen LogP) is 2.92. The highest BCUT2D eigenvalue weighted by atomic mass is 16.5. The topological polar surface area (TPSA) is 30.5 Å². The van der Waals surface area contributed by atoms with E-state index < -0.39 is 0 Å². The Morgan fingerprint density at radius 1 is 1.26 bits per heavy atom. The lowest BCUT2D eigenvalue weighted by atomic mass is 10.2. The van der Waals surface area contributed by atoms with Crippen LogP contribution < -0.4 is 10.1 Å². The zero-order valence-corrected chi connectivity index (χ0v) is 12.0. The van der Waals surface area contributed by atoms with Gasteiger partial charge in [-0.15, -0.1) is 0 Å². The first-order chi connectivity index (χ1) is 9.29. The highest BCUT2D eigenvalue weighted by molar-refractivity contribution is 5.31. The molecule has 1 N–H and O–H groups in total. The highest BCUT2D eigenvalue weighted by Crippen LogP contribution is 2.22. The van der Waals surface area contributed by atoms with Crippen molar-refractivity contribution in [2.45, 2.75) is 45.3 Å². The van der Waals surface area contributed by atoms with Crippen LogP contribution in [-0.2, 0) is 4.74 Å². The van der Waals surface area contributed by atoms with Gasteiger partial charge >= 0.3 is 0 Å². The normalized spacial score (nSPS) is 22.6. The maximum atomic E-state index is 5.98. The van der Waals surface area contributed by atoms with Crippen molar-refractivity contribution in [3.05, 3.63) is 29.8 Å². The SMILES string of the molecule is CCCNCC1CCC(COc2ccccc2C)O1. The fraction of sp³-hybridized carbons (Fsp3) is 0.625. The van der Waals surface area contributed by atoms with E-state index in [4.69, 9.17) is 9.47 Å². The smallest absolute Gasteiger partial charge is 0.122 e. The zero-order valence-electron chi connectivity index (χ0n) is 12.0. The fourth-order valence-electron chi connectivity index (χ4n) is 2.39. The molecule has 106 valence electrons. The van der Waals surface area contributed by atoms with E-state index in [0.29, 0.717) is 12.7 Å². The number of nitrogens with one attached hydrogen (secondary N) is 1. The molecule has 0 amide bonds. The predicted molar refractivity (Wildman–Crippen MR) is 77.7 cm³/mol. The molecule has 2 atom stereocenters. The summed E-state index contributed by atoms with van der Waals surface area (Å²) in [6.07, 6.45) is 4.01. The maximum absolute atomic E-state index is 5.98. The fourth-order valence-corrected chi connectivity index (χ4v) is 2.39. The Labute approximate surface area is 116 Å². The van der Waals surface area contributed by atoms with Crippen molar-refractivity contribution in [2.75, 3.05) is 19.7 Å². The van der Waals surface area contributed by atoms with Gasteiger partial charge in [0.15, 0.2) is 0 Å². The molecule has 1 aromatic rings. The summed E-state index contributed by atoms with van der Waals surface area (Å²) in [5.74, 6) is 0.971. The summed E-state index contributed by atoms with van der Waals surface area (Å²) in [6, 6.07) is 8.13. The molecule has 0 spiro atoms. The van der Waals surface area contributed by atoms with Gasteiger partial charge in [-0.2, -0.15) is 0 Å². The minimum absolute atomic E-state index is 0.244. The van der Waals surface area contributed by atoms with Crippen molar-refractivity contribution >= 4 is 0 Å². The molecule has 2 unspecified atom stereocenters. The molecule has 3 nitrogen and oxygen atoms in total. The van der Waals surface area contributed by atoms with Gasteiger partial charge in [-0.3, -0.25) is 0 Å². The van der Waals surface area contributed by atoms with Gasteiger partial charge in [0.05, 0.1) is 12.2 Å². The molecule has 0 aliphatic carbocycles. The van der Waals surface area contributed by atoms with Crippen LogP contribution in [0, 0.1) is 6.92 Å². The monoisotopic (exact) mass is 263 g/mol. The first kappa shape index (κ1) is 14.4. The minimum atomic E-state index is 0.244. The van der Waals surface area contributed by atoms with Crippen molar-refractivity contribution in [2.24, 2.45) is 0 Å². The first-order valence-corrected chi connectivity index (χ1v) is 7.34. The van der Waals surface area contributed by atoms with Gasteiger partial charge in [-0.05, 0) is 44.4 Å². The summed E-state index contributed by atoms with van der Waals surface area (Å²) >= 11 is 0. The van der Waals surface area contributed by atoms with Gasteiger partial charge in [-0.25, -0.2) is 0 Å². The van der Waals surface area contributed by atoms with Gasteiger partial charge < -0.3 is 14.8 Å². The molecular weight excluding hydrogens is 238 g/mol. The second-order valence-electron chi connectivity index (χ2n) is 5.24. The molecule has 1 heterocycles. The Bertz CT molecular complexity index is 381. The Balaban J connectivity index is 1.69. The van der Waals surface area contributed by atoms with Gasteiger partial charge in [0.25, 0.3) is 0 Å². The van der Waals surface area contributed by atoms with Crippen molar-refractivity contribution < 1.29 is 9.47 Å². The Morgan fingerprint density at radius 2 is 2.05 bits per heavy atom. The van der Waals surface area contributed by atoms with E-state index in [-0.39, 0.29) is 6.10 Å². The second-order valence-corrected chi connectivity index (χ2v) is 5.24. The van der Waals surface area contributed by atoms with E-state index in [1.807, 2.05) is 18.2 Å². The molecule has 1 aromatic carbocycles. The number of benzene rings is 1. The van der Waals surface area contributed by atoms with Crippen LogP contribution in [0.5, 0.6) is 5.75 Å². The maximum Gasteiger partial charge on any atom is 0.122 e. The Morgan fingerprint density at radius 3 is 2.84 bits per heavy atom. The van der Waals surface area contributed by atoms with Crippen LogP contribution >= 0.6 is 0 Å². The lowest BCUT2D eigenvalue weighted by molar-refractivity contribution is 0.0185. The molecule has 1 saturated heterocycles. The third kappa shape index (κ3) is 4.51. The third-order valence-corrected chi connectivity index (χ3v) is 3.51. The molecule has 0 bridgehead atoms. The molecule has 3 heteroatoms.